The molecule has 0 aliphatic carbocycles. The molecule has 0 spiro atoms. The van der Waals surface area contributed by atoms with Crippen LogP contribution >= 0.6 is 0 Å². The van der Waals surface area contributed by atoms with Gasteiger partial charge < -0.3 is 11.1 Å². The van der Waals surface area contributed by atoms with E-state index in [1.807, 2.05) is 43.3 Å². The van der Waals surface area contributed by atoms with Gasteiger partial charge in [-0.1, -0.05) is 18.2 Å². The van der Waals surface area contributed by atoms with E-state index in [-0.39, 0.29) is 5.91 Å². The van der Waals surface area contributed by atoms with Gasteiger partial charge in [-0.3, -0.25) is 14.7 Å². The normalized spacial score (nSPS) is 12.7. The smallest absolute Gasteiger partial charge is 0.248 e. The summed E-state index contributed by atoms with van der Waals surface area (Å²) in [6.45, 7) is 1.86. The second kappa shape index (κ2) is 6.15. The number of fused-ring (bicyclic) bond motifs is 1. The fourth-order valence-corrected chi connectivity index (χ4v) is 3.29. The molecule has 2 amide bonds. The first kappa shape index (κ1) is 16.1. The van der Waals surface area contributed by atoms with E-state index in [1.54, 1.807) is 6.07 Å². The van der Waals surface area contributed by atoms with E-state index in [1.165, 1.54) is 0 Å². The van der Waals surface area contributed by atoms with Crippen LogP contribution in [0.1, 0.15) is 32.7 Å². The number of carbonyl (C=O) groups is 2. The average Bonchev–Trinajstić information content (AvgIpc) is 3.19. The van der Waals surface area contributed by atoms with Gasteiger partial charge >= 0.3 is 0 Å². The quantitative estimate of drug-likeness (QED) is 0.677. The van der Waals surface area contributed by atoms with Crippen molar-refractivity contribution in [3.8, 4) is 11.3 Å². The molecule has 130 valence electrons. The Hall–Kier alpha value is -3.41. The van der Waals surface area contributed by atoms with E-state index in [0.717, 1.165) is 39.3 Å². The molecule has 26 heavy (non-hydrogen) atoms. The van der Waals surface area contributed by atoms with E-state index in [4.69, 9.17) is 5.73 Å². The van der Waals surface area contributed by atoms with Gasteiger partial charge in [0.1, 0.15) is 0 Å². The number of hydrogen-bond donors (Lipinski definition) is 3. The number of benzene rings is 2. The van der Waals surface area contributed by atoms with Gasteiger partial charge in [0, 0.05) is 28.9 Å². The minimum atomic E-state index is -0.430. The third-order valence-electron chi connectivity index (χ3n) is 4.61. The molecule has 0 fully saturated rings. The van der Waals surface area contributed by atoms with E-state index in [2.05, 4.69) is 15.5 Å². The summed E-state index contributed by atoms with van der Waals surface area (Å²) in [6, 6.07) is 13.5. The van der Waals surface area contributed by atoms with Crippen molar-refractivity contribution >= 4 is 17.5 Å². The largest absolute Gasteiger partial charge is 0.366 e. The number of carbonyl (C=O) groups excluding carboxylic acids is 2. The first-order valence-electron chi connectivity index (χ1n) is 8.36. The van der Waals surface area contributed by atoms with E-state index in [0.29, 0.717) is 18.4 Å². The Kier molecular flexibility index (Phi) is 3.80. The number of hydrogen-bond acceptors (Lipinski definition) is 3. The van der Waals surface area contributed by atoms with Crippen LogP contribution in [0.4, 0.5) is 5.69 Å². The molecule has 1 aliphatic rings. The Labute approximate surface area is 150 Å². The summed E-state index contributed by atoms with van der Waals surface area (Å²) in [5.41, 5.74) is 12.4. The van der Waals surface area contributed by atoms with Crippen molar-refractivity contribution in [1.29, 1.82) is 0 Å². The zero-order chi connectivity index (χ0) is 18.3. The zero-order valence-corrected chi connectivity index (χ0v) is 14.3. The van der Waals surface area contributed by atoms with Crippen molar-refractivity contribution in [2.45, 2.75) is 19.8 Å². The van der Waals surface area contributed by atoms with Gasteiger partial charge in [0.15, 0.2) is 0 Å². The van der Waals surface area contributed by atoms with Crippen molar-refractivity contribution in [2.75, 3.05) is 5.32 Å². The molecule has 6 heteroatoms. The highest BCUT2D eigenvalue weighted by Crippen LogP contribution is 2.26. The first-order valence-corrected chi connectivity index (χ1v) is 8.36. The van der Waals surface area contributed by atoms with Gasteiger partial charge in [0.2, 0.25) is 11.8 Å². The summed E-state index contributed by atoms with van der Waals surface area (Å²) in [6.07, 6.45) is 1.14. The topological polar surface area (TPSA) is 101 Å². The number of aromatic nitrogens is 2. The molecule has 0 atom stereocenters. The maximum absolute atomic E-state index is 11.5. The van der Waals surface area contributed by atoms with Crippen molar-refractivity contribution < 1.29 is 9.59 Å². The summed E-state index contributed by atoms with van der Waals surface area (Å²) in [5.74, 6) is -0.392. The number of primary amides is 1. The van der Waals surface area contributed by atoms with Crippen LogP contribution in [-0.4, -0.2) is 22.0 Å². The summed E-state index contributed by atoms with van der Waals surface area (Å²) in [4.78, 5) is 22.8. The summed E-state index contributed by atoms with van der Waals surface area (Å²) in [5, 5.41) is 10.3. The molecule has 1 aromatic heterocycles. The number of nitrogens with zero attached hydrogens (tertiary/aromatic N) is 1. The SMILES string of the molecule is Cc1cc(-c2cc(Cc3ccc4c(c3)NC(=O)C4)[nH]n2)ccc1C(N)=O. The molecule has 4 rings (SSSR count). The number of aryl methyl sites for hydroxylation is 1. The van der Waals surface area contributed by atoms with Gasteiger partial charge in [0.05, 0.1) is 12.1 Å². The second-order valence-electron chi connectivity index (χ2n) is 6.57. The van der Waals surface area contributed by atoms with Gasteiger partial charge in [0.25, 0.3) is 0 Å². The molecule has 0 radical (unpaired) electrons. The van der Waals surface area contributed by atoms with Gasteiger partial charge in [-0.15, -0.1) is 0 Å². The lowest BCUT2D eigenvalue weighted by atomic mass is 10.0. The van der Waals surface area contributed by atoms with Crippen molar-refractivity contribution in [1.82, 2.24) is 10.2 Å². The molecule has 0 unspecified atom stereocenters. The average molecular weight is 346 g/mol. The van der Waals surface area contributed by atoms with Crippen LogP contribution in [0.25, 0.3) is 11.3 Å². The van der Waals surface area contributed by atoms with E-state index in [9.17, 15) is 9.59 Å². The minimum absolute atomic E-state index is 0.0377. The third-order valence-corrected chi connectivity index (χ3v) is 4.61. The molecule has 0 saturated heterocycles. The molecular weight excluding hydrogens is 328 g/mol. The van der Waals surface area contributed by atoms with Crippen LogP contribution in [0.15, 0.2) is 42.5 Å². The Bertz CT molecular complexity index is 1040. The molecule has 1 aliphatic heterocycles. The number of aromatic amines is 1. The number of nitrogens with two attached hydrogens (primary N) is 1. The minimum Gasteiger partial charge on any atom is -0.366 e. The highest BCUT2D eigenvalue weighted by Gasteiger charge is 2.17. The fraction of sp³-hybridized carbons (Fsp3) is 0.150. The summed E-state index contributed by atoms with van der Waals surface area (Å²) < 4.78 is 0. The Morgan fingerprint density at radius 2 is 2.04 bits per heavy atom. The van der Waals surface area contributed by atoms with Crippen molar-refractivity contribution in [3.63, 3.8) is 0 Å². The Balaban J connectivity index is 1.55. The maximum atomic E-state index is 11.5. The first-order chi connectivity index (χ1) is 12.5. The lowest BCUT2D eigenvalue weighted by Crippen LogP contribution is -2.12. The van der Waals surface area contributed by atoms with Crippen LogP contribution in [0, 0.1) is 6.92 Å². The predicted octanol–water partition coefficient (Wildman–Crippen LogP) is 2.57. The second-order valence-corrected chi connectivity index (χ2v) is 6.57. The Morgan fingerprint density at radius 3 is 2.81 bits per heavy atom. The standard InChI is InChI=1S/C20H18N4O2/c1-11-6-13(4-5-16(11)20(21)26)18-10-15(23-24-18)7-12-2-3-14-9-19(25)22-17(14)8-12/h2-6,8,10H,7,9H2,1H3,(H2,21,26)(H,22,25)(H,23,24). The third kappa shape index (κ3) is 2.97. The van der Waals surface area contributed by atoms with Crippen molar-refractivity contribution in [3.05, 3.63) is 70.4 Å². The van der Waals surface area contributed by atoms with Crippen LogP contribution in [0.2, 0.25) is 0 Å². The lowest BCUT2D eigenvalue weighted by Gasteiger charge is -2.04. The van der Waals surface area contributed by atoms with E-state index < -0.39 is 5.91 Å². The van der Waals surface area contributed by atoms with Crippen LogP contribution < -0.4 is 11.1 Å². The number of anilines is 1. The van der Waals surface area contributed by atoms with Gasteiger partial charge in [-0.2, -0.15) is 5.10 Å². The van der Waals surface area contributed by atoms with Crippen molar-refractivity contribution in [2.24, 2.45) is 5.73 Å². The predicted molar refractivity (Wildman–Crippen MR) is 98.9 cm³/mol. The highest BCUT2D eigenvalue weighted by atomic mass is 16.2. The maximum Gasteiger partial charge on any atom is 0.248 e. The summed E-state index contributed by atoms with van der Waals surface area (Å²) >= 11 is 0. The fourth-order valence-electron chi connectivity index (χ4n) is 3.29. The monoisotopic (exact) mass is 346 g/mol. The molecule has 2 heterocycles. The summed E-state index contributed by atoms with van der Waals surface area (Å²) in [7, 11) is 0. The molecule has 6 nitrogen and oxygen atoms in total. The molecule has 0 bridgehead atoms. The number of amides is 2. The number of H-pyrrole nitrogens is 1. The highest BCUT2D eigenvalue weighted by molar-refractivity contribution is 5.99. The Morgan fingerprint density at radius 1 is 1.19 bits per heavy atom. The van der Waals surface area contributed by atoms with Gasteiger partial charge in [-0.05, 0) is 47.9 Å². The molecule has 2 aromatic carbocycles. The number of nitrogens with one attached hydrogen (secondary N) is 2. The van der Waals surface area contributed by atoms with E-state index >= 15 is 0 Å². The van der Waals surface area contributed by atoms with Crippen LogP contribution in [0.5, 0.6) is 0 Å². The van der Waals surface area contributed by atoms with Crippen LogP contribution in [-0.2, 0) is 17.6 Å². The van der Waals surface area contributed by atoms with Gasteiger partial charge in [-0.25, -0.2) is 0 Å². The van der Waals surface area contributed by atoms with Crippen LogP contribution in [0.3, 0.4) is 0 Å². The molecule has 0 saturated carbocycles. The zero-order valence-electron chi connectivity index (χ0n) is 14.3. The lowest BCUT2D eigenvalue weighted by molar-refractivity contribution is -0.115. The number of rotatable bonds is 4. The molecule has 4 N–H and O–H groups in total. The molecular formula is C20H18N4O2. The molecule has 3 aromatic rings.